The Morgan fingerprint density at radius 1 is 0.605 bits per heavy atom. The van der Waals surface area contributed by atoms with Gasteiger partial charge in [0.1, 0.15) is 12.3 Å². The second kappa shape index (κ2) is 15.4. The van der Waals surface area contributed by atoms with Crippen molar-refractivity contribution in [1.82, 2.24) is 0 Å². The van der Waals surface area contributed by atoms with Crippen molar-refractivity contribution < 1.29 is 18.3 Å². The normalized spacial score (nSPS) is 42.0. The molecule has 4 aliphatic rings. The van der Waals surface area contributed by atoms with Gasteiger partial charge in [0.05, 0.1) is 18.1 Å². The van der Waals surface area contributed by atoms with Crippen molar-refractivity contribution in [2.45, 2.75) is 167 Å². The van der Waals surface area contributed by atoms with Gasteiger partial charge in [-0.15, -0.1) is 0 Å². The molecule has 0 amide bonds. The minimum atomic E-state index is -1.41. The smallest absolute Gasteiger partial charge is 0.161 e. The van der Waals surface area contributed by atoms with Gasteiger partial charge in [-0.05, 0) is 82.0 Å². The molecule has 0 aromatic carbocycles. The Labute approximate surface area is 232 Å². The minimum absolute atomic E-state index is 0.0672. The molecule has 4 fully saturated rings. The first-order valence-electron chi connectivity index (χ1n) is 16.6. The molecule has 1 aliphatic heterocycles. The summed E-state index contributed by atoms with van der Waals surface area (Å²) in [7, 11) is 0. The largest absolute Gasteiger partial charge is 0.346 e. The second-order valence-corrected chi connectivity index (χ2v) is 13.2. The fraction of sp³-hybridized carbons (Fsp3) is 0.941. The maximum atomic E-state index is 15.3. The summed E-state index contributed by atoms with van der Waals surface area (Å²) < 4.78 is 43.4. The molecule has 4 rings (SSSR count). The van der Waals surface area contributed by atoms with Crippen LogP contribution < -0.4 is 0 Å². The van der Waals surface area contributed by atoms with Crippen LogP contribution in [0, 0.1) is 47.3 Å². The molecule has 38 heavy (non-hydrogen) atoms. The van der Waals surface area contributed by atoms with Crippen LogP contribution in [0.5, 0.6) is 0 Å². The van der Waals surface area contributed by atoms with E-state index in [1.165, 1.54) is 51.4 Å². The summed E-state index contributed by atoms with van der Waals surface area (Å²) in [6, 6.07) is 0. The van der Waals surface area contributed by atoms with Crippen molar-refractivity contribution in [3.05, 3.63) is 0 Å². The summed E-state index contributed by atoms with van der Waals surface area (Å²) in [6.07, 6.45) is 17.5. The molecular weight excluding hydrogens is 478 g/mol. The molecule has 0 aromatic rings. The molecule has 1 saturated heterocycles. The van der Waals surface area contributed by atoms with E-state index in [4.69, 9.17) is 9.47 Å². The van der Waals surface area contributed by atoms with E-state index in [-0.39, 0.29) is 24.4 Å². The first-order chi connectivity index (χ1) is 18.5. The third-order valence-electron chi connectivity index (χ3n) is 10.4. The fourth-order valence-corrected chi connectivity index (χ4v) is 7.96. The predicted molar refractivity (Wildman–Crippen MR) is 152 cm³/mol. The highest BCUT2D eigenvalue weighted by atomic mass is 19.2. The Hall–Kier alpha value is -0.660. The lowest BCUT2D eigenvalue weighted by Gasteiger charge is -2.40. The van der Waals surface area contributed by atoms with E-state index in [0.29, 0.717) is 17.8 Å². The van der Waals surface area contributed by atoms with Crippen LogP contribution in [0.2, 0.25) is 0 Å². The zero-order valence-corrected chi connectivity index (χ0v) is 24.7. The van der Waals surface area contributed by atoms with Crippen LogP contribution in [-0.2, 0) is 9.47 Å². The van der Waals surface area contributed by atoms with Crippen molar-refractivity contribution in [1.29, 1.82) is 0 Å². The number of rotatable bonds is 10. The third-order valence-corrected chi connectivity index (χ3v) is 10.4. The van der Waals surface area contributed by atoms with Gasteiger partial charge in [-0.2, -0.15) is 0 Å². The minimum Gasteiger partial charge on any atom is -0.346 e. The maximum Gasteiger partial charge on any atom is 0.161 e. The molecule has 0 spiro atoms. The van der Waals surface area contributed by atoms with Gasteiger partial charge in [0.15, 0.2) is 6.29 Å². The Morgan fingerprint density at radius 2 is 1.21 bits per heavy atom. The molecule has 2 nitrogen and oxygen atoms in total. The van der Waals surface area contributed by atoms with Crippen LogP contribution in [-0.4, -0.2) is 30.8 Å². The fourth-order valence-electron chi connectivity index (χ4n) is 7.96. The number of unbranched alkanes of at least 4 members (excludes halogenated alkanes) is 2. The van der Waals surface area contributed by atoms with Crippen molar-refractivity contribution >= 4 is 0 Å². The van der Waals surface area contributed by atoms with E-state index in [0.717, 1.165) is 70.1 Å². The molecule has 6 unspecified atom stereocenters. The summed E-state index contributed by atoms with van der Waals surface area (Å²) in [5.41, 5.74) is 0. The summed E-state index contributed by atoms with van der Waals surface area (Å²) in [4.78, 5) is 0. The molecule has 218 valence electrons. The molecule has 3 aliphatic carbocycles. The van der Waals surface area contributed by atoms with Crippen molar-refractivity contribution in [2.24, 2.45) is 35.5 Å². The van der Waals surface area contributed by atoms with Crippen LogP contribution in [0.15, 0.2) is 0 Å². The monoisotopic (exact) mass is 534 g/mol. The molecule has 0 radical (unpaired) electrons. The molecule has 0 N–H and O–H groups in total. The third kappa shape index (κ3) is 7.96. The molecule has 0 bridgehead atoms. The van der Waals surface area contributed by atoms with E-state index >= 15 is 8.78 Å². The summed E-state index contributed by atoms with van der Waals surface area (Å²) in [6.45, 7) is 6.72. The second-order valence-electron chi connectivity index (χ2n) is 13.2. The standard InChI is InChI=1S/C34H56F2O2/c1-4-7-10-30-31(11-8-5-2)38-34(37-30)28-20-15-25(16-21-28)14-19-27-22-23-29(33(36)32(27)35)26-17-12-24(9-6-3)13-18-26/h24-34H,4-13,15-18,20-23H2,1-3H3. The number of hydrogen-bond acceptors (Lipinski definition) is 2. The number of hydrogen-bond donors (Lipinski definition) is 0. The van der Waals surface area contributed by atoms with E-state index in [1.807, 2.05) is 0 Å². The Balaban J connectivity index is 1.22. The number of alkyl halides is 2. The van der Waals surface area contributed by atoms with Gasteiger partial charge in [-0.25, -0.2) is 8.78 Å². The van der Waals surface area contributed by atoms with Gasteiger partial charge in [-0.3, -0.25) is 0 Å². The zero-order valence-electron chi connectivity index (χ0n) is 24.7. The van der Waals surface area contributed by atoms with Gasteiger partial charge in [0.25, 0.3) is 0 Å². The quantitative estimate of drug-likeness (QED) is 0.260. The Morgan fingerprint density at radius 3 is 1.79 bits per heavy atom. The van der Waals surface area contributed by atoms with Crippen molar-refractivity contribution in [2.75, 3.05) is 0 Å². The van der Waals surface area contributed by atoms with Crippen LogP contribution in [0.25, 0.3) is 0 Å². The first kappa shape index (κ1) is 30.3. The lowest BCUT2D eigenvalue weighted by molar-refractivity contribution is -0.114. The number of ether oxygens (including phenoxy) is 2. The van der Waals surface area contributed by atoms with Crippen LogP contribution in [0.3, 0.4) is 0 Å². The van der Waals surface area contributed by atoms with Gasteiger partial charge >= 0.3 is 0 Å². The maximum absolute atomic E-state index is 15.3. The van der Waals surface area contributed by atoms with Crippen molar-refractivity contribution in [3.63, 3.8) is 0 Å². The zero-order chi connectivity index (χ0) is 26.9. The summed E-state index contributed by atoms with van der Waals surface area (Å²) >= 11 is 0. The molecule has 4 heteroatoms. The van der Waals surface area contributed by atoms with E-state index in [1.54, 1.807) is 0 Å². The van der Waals surface area contributed by atoms with Crippen LogP contribution in [0.1, 0.15) is 136 Å². The molecular formula is C34H56F2O2. The Kier molecular flexibility index (Phi) is 12.3. The van der Waals surface area contributed by atoms with Crippen LogP contribution in [0.4, 0.5) is 8.78 Å². The van der Waals surface area contributed by atoms with Crippen molar-refractivity contribution in [3.8, 4) is 11.8 Å². The van der Waals surface area contributed by atoms with Crippen LogP contribution >= 0.6 is 0 Å². The lowest BCUT2D eigenvalue weighted by Crippen LogP contribution is -2.41. The average Bonchev–Trinajstić information content (AvgIpc) is 3.35. The van der Waals surface area contributed by atoms with E-state index < -0.39 is 18.3 Å². The highest BCUT2D eigenvalue weighted by Crippen LogP contribution is 2.44. The molecule has 0 aromatic heterocycles. The first-order valence-corrected chi connectivity index (χ1v) is 16.6. The highest BCUT2D eigenvalue weighted by Gasteiger charge is 2.44. The van der Waals surface area contributed by atoms with Gasteiger partial charge in [0, 0.05) is 11.8 Å². The van der Waals surface area contributed by atoms with Gasteiger partial charge in [-0.1, -0.05) is 84.0 Å². The van der Waals surface area contributed by atoms with E-state index in [2.05, 4.69) is 32.6 Å². The summed E-state index contributed by atoms with van der Waals surface area (Å²) in [5, 5.41) is 0. The summed E-state index contributed by atoms with van der Waals surface area (Å²) in [5.74, 6) is 8.06. The van der Waals surface area contributed by atoms with E-state index in [9.17, 15) is 0 Å². The van der Waals surface area contributed by atoms with Gasteiger partial charge in [0.2, 0.25) is 0 Å². The predicted octanol–water partition coefficient (Wildman–Crippen LogP) is 9.60. The number of halogens is 2. The highest BCUT2D eigenvalue weighted by molar-refractivity contribution is 5.12. The average molecular weight is 535 g/mol. The Bertz CT molecular complexity index is 715. The molecule has 3 saturated carbocycles. The lowest BCUT2D eigenvalue weighted by atomic mass is 9.67. The SMILES string of the molecule is CCCCC1OC(C2CCC(C#CC3CCC(C4CCC(CCC)CC4)C(F)C3F)CC2)OC1CCCC. The van der Waals surface area contributed by atoms with Gasteiger partial charge < -0.3 is 9.47 Å². The molecule has 6 atom stereocenters. The molecule has 1 heterocycles. The topological polar surface area (TPSA) is 18.5 Å².